The van der Waals surface area contributed by atoms with E-state index in [1.807, 2.05) is 18.2 Å². The number of unbranched alkanes of at least 4 members (excludes halogenated alkanes) is 1. The summed E-state index contributed by atoms with van der Waals surface area (Å²) in [4.78, 5) is 20.5. The summed E-state index contributed by atoms with van der Waals surface area (Å²) >= 11 is 2.08. The second-order valence-electron chi connectivity index (χ2n) is 7.11. The van der Waals surface area contributed by atoms with Crippen molar-refractivity contribution in [1.82, 2.24) is 20.6 Å². The van der Waals surface area contributed by atoms with Crippen LogP contribution in [0.1, 0.15) is 34.6 Å². The molecule has 168 valence electrons. The van der Waals surface area contributed by atoms with Crippen molar-refractivity contribution in [3.05, 3.63) is 53.3 Å². The minimum atomic E-state index is -0.594. The first kappa shape index (κ1) is 23.5. The highest BCUT2D eigenvalue weighted by Gasteiger charge is 2.17. The molecule has 7 N–H and O–H groups in total. The lowest BCUT2D eigenvalue weighted by Gasteiger charge is -2.12. The Bertz CT molecular complexity index is 1140. The SMILES string of the molecule is COc1ccc(CCCCNC(=N)NC(=O)c2nc(CI)c(N)nc2N)c2ccccc12. The van der Waals surface area contributed by atoms with Crippen molar-refractivity contribution in [3.8, 4) is 5.75 Å². The van der Waals surface area contributed by atoms with Crippen LogP contribution in [0.2, 0.25) is 0 Å². The van der Waals surface area contributed by atoms with Gasteiger partial charge in [-0.2, -0.15) is 0 Å². The molecule has 0 saturated heterocycles. The first-order valence-electron chi connectivity index (χ1n) is 10.1. The lowest BCUT2D eigenvalue weighted by molar-refractivity contribution is 0.0971. The third kappa shape index (κ3) is 5.55. The Morgan fingerprint density at radius 2 is 1.84 bits per heavy atom. The van der Waals surface area contributed by atoms with Crippen molar-refractivity contribution < 1.29 is 9.53 Å². The van der Waals surface area contributed by atoms with Crippen molar-refractivity contribution in [2.24, 2.45) is 0 Å². The van der Waals surface area contributed by atoms with E-state index in [1.54, 1.807) is 7.11 Å². The van der Waals surface area contributed by atoms with Crippen molar-refractivity contribution in [2.75, 3.05) is 25.1 Å². The van der Waals surface area contributed by atoms with Crippen LogP contribution in [0.15, 0.2) is 36.4 Å². The van der Waals surface area contributed by atoms with Gasteiger partial charge in [-0.3, -0.25) is 15.5 Å². The summed E-state index contributed by atoms with van der Waals surface area (Å²) in [7, 11) is 1.68. The smallest absolute Gasteiger partial charge is 0.280 e. The molecule has 0 aliphatic carbocycles. The molecule has 0 radical (unpaired) electrons. The number of hydrogen-bond donors (Lipinski definition) is 5. The van der Waals surface area contributed by atoms with E-state index in [9.17, 15) is 4.79 Å². The average molecular weight is 547 g/mol. The Balaban J connectivity index is 1.48. The number of nitrogen functional groups attached to an aromatic ring is 2. The molecule has 0 fully saturated rings. The maximum absolute atomic E-state index is 12.4. The lowest BCUT2D eigenvalue weighted by Crippen LogP contribution is -2.41. The van der Waals surface area contributed by atoms with E-state index in [0.29, 0.717) is 16.7 Å². The van der Waals surface area contributed by atoms with E-state index in [1.165, 1.54) is 10.9 Å². The van der Waals surface area contributed by atoms with Gasteiger partial charge in [0.1, 0.15) is 11.6 Å². The molecule has 0 aliphatic heterocycles. The second kappa shape index (κ2) is 10.9. The van der Waals surface area contributed by atoms with Crippen LogP contribution in [-0.2, 0) is 10.8 Å². The van der Waals surface area contributed by atoms with Crippen molar-refractivity contribution in [3.63, 3.8) is 0 Å². The standard InChI is InChI=1S/C22H26IN7O2/c1-32-17-10-9-13(14-7-2-3-8-15(14)17)6-4-5-11-27-22(26)30-21(31)18-20(25)29-19(24)16(12-23)28-18/h2-3,7-10H,4-6,11-12H2,1H3,(H4,24,25,29)(H3,26,27,30,31). The summed E-state index contributed by atoms with van der Waals surface area (Å²) in [5, 5.41) is 15.6. The predicted octanol–water partition coefficient (Wildman–Crippen LogP) is 3.01. The molecule has 1 heterocycles. The second-order valence-corrected chi connectivity index (χ2v) is 7.87. The van der Waals surface area contributed by atoms with Crippen LogP contribution in [-0.4, -0.2) is 35.5 Å². The van der Waals surface area contributed by atoms with Crippen LogP contribution in [0.25, 0.3) is 10.8 Å². The molecule has 0 saturated carbocycles. The molecule has 9 nitrogen and oxygen atoms in total. The van der Waals surface area contributed by atoms with E-state index in [-0.39, 0.29) is 23.3 Å². The molecule has 32 heavy (non-hydrogen) atoms. The lowest BCUT2D eigenvalue weighted by atomic mass is 9.99. The van der Waals surface area contributed by atoms with Crippen LogP contribution in [0.4, 0.5) is 11.6 Å². The molecule has 3 rings (SSSR count). The van der Waals surface area contributed by atoms with Crippen LogP contribution in [0.5, 0.6) is 5.75 Å². The summed E-state index contributed by atoms with van der Waals surface area (Å²) in [5.41, 5.74) is 13.2. The number of nitrogens with zero attached hydrogens (tertiary/aromatic N) is 2. The van der Waals surface area contributed by atoms with Gasteiger partial charge in [0, 0.05) is 16.4 Å². The monoisotopic (exact) mass is 547 g/mol. The number of rotatable bonds is 8. The zero-order valence-corrected chi connectivity index (χ0v) is 19.9. The third-order valence-corrected chi connectivity index (χ3v) is 5.70. The maximum Gasteiger partial charge on any atom is 0.280 e. The fourth-order valence-corrected chi connectivity index (χ4v) is 3.92. The number of methoxy groups -OCH3 is 1. The normalized spacial score (nSPS) is 10.7. The molecular weight excluding hydrogens is 521 g/mol. The van der Waals surface area contributed by atoms with Crippen molar-refractivity contribution in [1.29, 1.82) is 5.41 Å². The number of guanidine groups is 1. The molecule has 0 aliphatic rings. The van der Waals surface area contributed by atoms with Crippen LogP contribution < -0.4 is 26.8 Å². The first-order chi connectivity index (χ1) is 15.4. The van der Waals surface area contributed by atoms with Crippen LogP contribution >= 0.6 is 22.6 Å². The third-order valence-electron chi connectivity index (χ3n) is 4.98. The van der Waals surface area contributed by atoms with Gasteiger partial charge in [-0.1, -0.05) is 52.9 Å². The zero-order chi connectivity index (χ0) is 23.1. The number of anilines is 2. The largest absolute Gasteiger partial charge is 0.496 e. The van der Waals surface area contributed by atoms with Crippen molar-refractivity contribution >= 4 is 56.9 Å². The van der Waals surface area contributed by atoms with Crippen molar-refractivity contribution in [2.45, 2.75) is 23.7 Å². The van der Waals surface area contributed by atoms with Crippen LogP contribution in [0, 0.1) is 5.41 Å². The first-order valence-corrected chi connectivity index (χ1v) is 11.6. The molecule has 2 aromatic carbocycles. The Labute approximate surface area is 200 Å². The fraction of sp³-hybridized carbons (Fsp3) is 0.273. The molecule has 0 bridgehead atoms. The van der Waals surface area contributed by atoms with Gasteiger partial charge in [0.05, 0.1) is 12.8 Å². The van der Waals surface area contributed by atoms with Gasteiger partial charge in [-0.05, 0) is 36.3 Å². The van der Waals surface area contributed by atoms with E-state index in [4.69, 9.17) is 21.6 Å². The number of halogens is 1. The summed E-state index contributed by atoms with van der Waals surface area (Å²) in [5.74, 6) is 0.300. The van der Waals surface area contributed by atoms with E-state index in [0.717, 1.165) is 30.4 Å². The number of benzene rings is 2. The number of alkyl halides is 1. The maximum atomic E-state index is 12.4. The Morgan fingerprint density at radius 1 is 1.09 bits per heavy atom. The van der Waals surface area contributed by atoms with E-state index < -0.39 is 5.91 Å². The van der Waals surface area contributed by atoms with Gasteiger partial charge in [0.15, 0.2) is 17.5 Å². The summed E-state index contributed by atoms with van der Waals surface area (Å²) in [6.07, 6.45) is 2.67. The Hall–Kier alpha value is -3.15. The molecular formula is C22H26IN7O2. The Kier molecular flexibility index (Phi) is 8.03. The number of carbonyl (C=O) groups is 1. The number of hydrogen-bond acceptors (Lipinski definition) is 7. The summed E-state index contributed by atoms with van der Waals surface area (Å²) < 4.78 is 5.95. The van der Waals surface area contributed by atoms with Gasteiger partial charge in [-0.15, -0.1) is 0 Å². The van der Waals surface area contributed by atoms with Gasteiger partial charge < -0.3 is 21.5 Å². The number of amides is 1. The topological polar surface area (TPSA) is 152 Å². The highest BCUT2D eigenvalue weighted by molar-refractivity contribution is 14.1. The highest BCUT2D eigenvalue weighted by Crippen LogP contribution is 2.29. The number of nitrogens with two attached hydrogens (primary N) is 2. The summed E-state index contributed by atoms with van der Waals surface area (Å²) in [6.45, 7) is 0.551. The average Bonchev–Trinajstić information content (AvgIpc) is 2.78. The molecule has 10 heteroatoms. The van der Waals surface area contributed by atoms with Gasteiger partial charge >= 0.3 is 0 Å². The minimum absolute atomic E-state index is 0.0381. The van der Waals surface area contributed by atoms with E-state index >= 15 is 0 Å². The number of fused-ring (bicyclic) bond motifs is 1. The quantitative estimate of drug-likeness (QED) is 0.0956. The number of nitrogens with one attached hydrogen (secondary N) is 3. The number of aryl methyl sites for hydroxylation is 1. The Morgan fingerprint density at radius 3 is 2.56 bits per heavy atom. The zero-order valence-electron chi connectivity index (χ0n) is 17.7. The molecule has 1 aromatic heterocycles. The van der Waals surface area contributed by atoms with Gasteiger partial charge in [0.25, 0.3) is 5.91 Å². The molecule has 1 amide bonds. The predicted molar refractivity (Wildman–Crippen MR) is 135 cm³/mol. The van der Waals surface area contributed by atoms with E-state index in [2.05, 4.69) is 61.4 Å². The number of aromatic nitrogens is 2. The molecule has 0 spiro atoms. The molecule has 0 atom stereocenters. The number of ether oxygens (including phenoxy) is 1. The number of carbonyl (C=O) groups excluding carboxylic acids is 1. The van der Waals surface area contributed by atoms with Gasteiger partial charge in [0.2, 0.25) is 0 Å². The molecule has 3 aromatic rings. The molecule has 0 unspecified atom stereocenters. The fourth-order valence-electron chi connectivity index (χ4n) is 3.36. The highest BCUT2D eigenvalue weighted by atomic mass is 127. The summed E-state index contributed by atoms with van der Waals surface area (Å²) in [6, 6.07) is 12.3. The van der Waals surface area contributed by atoms with Gasteiger partial charge in [-0.25, -0.2) is 9.97 Å². The minimum Gasteiger partial charge on any atom is -0.496 e. The van der Waals surface area contributed by atoms with Crippen LogP contribution in [0.3, 0.4) is 0 Å².